The van der Waals surface area contributed by atoms with Crippen LogP contribution < -0.4 is 4.74 Å². The first kappa shape index (κ1) is 20.0. The monoisotopic (exact) mass is 380 g/mol. The van der Waals surface area contributed by atoms with Crippen molar-refractivity contribution in [3.05, 3.63) is 41.5 Å². The molecule has 28 heavy (non-hydrogen) atoms. The second-order valence-electron chi connectivity index (χ2n) is 9.79. The van der Waals surface area contributed by atoms with Gasteiger partial charge in [-0.15, -0.1) is 0 Å². The molecule has 2 saturated carbocycles. The number of aryl methyl sites for hydroxylation is 1. The van der Waals surface area contributed by atoms with Crippen molar-refractivity contribution in [1.29, 1.82) is 0 Å². The molecule has 3 aliphatic rings. The minimum atomic E-state index is 0.766. The largest absolute Gasteiger partial charge is 0.494 e. The lowest BCUT2D eigenvalue weighted by molar-refractivity contribution is 0.0699. The molecule has 0 bridgehead atoms. The van der Waals surface area contributed by atoms with Gasteiger partial charge in [-0.1, -0.05) is 24.6 Å². The van der Waals surface area contributed by atoms with E-state index in [1.54, 1.807) is 11.1 Å². The Kier molecular flexibility index (Phi) is 6.81. The van der Waals surface area contributed by atoms with Crippen LogP contribution in [0.2, 0.25) is 0 Å². The fourth-order valence-electron chi connectivity index (χ4n) is 6.63. The summed E-state index contributed by atoms with van der Waals surface area (Å²) in [6.07, 6.45) is 20.4. The van der Waals surface area contributed by atoms with Crippen molar-refractivity contribution in [2.45, 2.75) is 84.5 Å². The predicted octanol–water partition coefficient (Wildman–Crippen LogP) is 7.38. The van der Waals surface area contributed by atoms with Crippen LogP contribution in [0.3, 0.4) is 0 Å². The molecule has 1 aromatic rings. The first-order valence-electron chi connectivity index (χ1n) is 12.1. The zero-order chi connectivity index (χ0) is 19.3. The van der Waals surface area contributed by atoms with Gasteiger partial charge in [-0.2, -0.15) is 0 Å². The van der Waals surface area contributed by atoms with Gasteiger partial charge in [0, 0.05) is 0 Å². The SMILES string of the molecule is CC=CCC[C@@H]1CC[C@@H]2CC(C3CCc4cc(OCC)ccc4C3)CCC2C1. The molecule has 0 spiro atoms. The maximum atomic E-state index is 5.71. The molecule has 3 unspecified atom stereocenters. The van der Waals surface area contributed by atoms with Crippen molar-refractivity contribution in [1.82, 2.24) is 0 Å². The summed E-state index contributed by atoms with van der Waals surface area (Å²) >= 11 is 0. The quantitative estimate of drug-likeness (QED) is 0.468. The van der Waals surface area contributed by atoms with Crippen molar-refractivity contribution < 1.29 is 4.74 Å². The molecule has 154 valence electrons. The van der Waals surface area contributed by atoms with Gasteiger partial charge >= 0.3 is 0 Å². The third kappa shape index (κ3) is 4.66. The highest BCUT2D eigenvalue weighted by Gasteiger charge is 2.38. The van der Waals surface area contributed by atoms with Crippen molar-refractivity contribution >= 4 is 0 Å². The third-order valence-electron chi connectivity index (χ3n) is 8.16. The van der Waals surface area contributed by atoms with Crippen molar-refractivity contribution in [2.75, 3.05) is 6.61 Å². The van der Waals surface area contributed by atoms with E-state index in [0.29, 0.717) is 0 Å². The zero-order valence-corrected chi connectivity index (χ0v) is 18.2. The van der Waals surface area contributed by atoms with E-state index in [9.17, 15) is 0 Å². The molecule has 5 atom stereocenters. The Labute approximate surface area is 173 Å². The molecule has 0 N–H and O–H groups in total. The summed E-state index contributed by atoms with van der Waals surface area (Å²) in [5, 5.41) is 0. The van der Waals surface area contributed by atoms with E-state index in [-0.39, 0.29) is 0 Å². The number of fused-ring (bicyclic) bond motifs is 2. The molecular formula is C27H40O. The maximum Gasteiger partial charge on any atom is 0.119 e. The Bertz CT molecular complexity index is 660. The van der Waals surface area contributed by atoms with E-state index in [0.717, 1.165) is 41.9 Å². The summed E-state index contributed by atoms with van der Waals surface area (Å²) in [6, 6.07) is 6.85. The van der Waals surface area contributed by atoms with Crippen molar-refractivity contribution in [2.24, 2.45) is 29.6 Å². The molecule has 0 aliphatic heterocycles. The normalized spacial score (nSPS) is 32.7. The average Bonchev–Trinajstić information content (AvgIpc) is 2.73. The summed E-state index contributed by atoms with van der Waals surface area (Å²) < 4.78 is 5.71. The smallest absolute Gasteiger partial charge is 0.119 e. The Morgan fingerprint density at radius 2 is 1.71 bits per heavy atom. The number of ether oxygens (including phenoxy) is 1. The zero-order valence-electron chi connectivity index (χ0n) is 18.2. The van der Waals surface area contributed by atoms with Crippen LogP contribution in [0, 0.1) is 29.6 Å². The van der Waals surface area contributed by atoms with Gasteiger partial charge in [0.25, 0.3) is 0 Å². The van der Waals surface area contributed by atoms with Crippen molar-refractivity contribution in [3.8, 4) is 5.75 Å². The fourth-order valence-corrected chi connectivity index (χ4v) is 6.63. The first-order valence-corrected chi connectivity index (χ1v) is 12.1. The van der Waals surface area contributed by atoms with Crippen LogP contribution in [0.5, 0.6) is 5.75 Å². The third-order valence-corrected chi connectivity index (χ3v) is 8.16. The highest BCUT2D eigenvalue weighted by molar-refractivity contribution is 5.37. The molecule has 2 fully saturated rings. The summed E-state index contributed by atoms with van der Waals surface area (Å²) in [6.45, 7) is 4.99. The molecule has 4 rings (SSSR count). The summed E-state index contributed by atoms with van der Waals surface area (Å²) in [5.74, 6) is 6.07. The molecule has 1 heteroatoms. The molecule has 1 nitrogen and oxygen atoms in total. The standard InChI is InChI=1S/C27H40O/c1-3-5-6-7-20-8-9-22-17-23(11-10-21(22)16-20)24-12-13-26-19-27(28-4-2)15-14-25(26)18-24/h3,5,14-15,19-24H,4,6-13,16-18H2,1-2H3/t20-,21?,22-,23?,24?/m1/s1. The lowest BCUT2D eigenvalue weighted by atomic mass is 9.61. The average molecular weight is 381 g/mol. The van der Waals surface area contributed by atoms with Gasteiger partial charge < -0.3 is 4.74 Å². The molecular weight excluding hydrogens is 340 g/mol. The predicted molar refractivity (Wildman–Crippen MR) is 119 cm³/mol. The number of hydrogen-bond donors (Lipinski definition) is 0. The molecule has 0 aromatic heterocycles. The van der Waals surface area contributed by atoms with Crippen LogP contribution in [0.15, 0.2) is 30.4 Å². The van der Waals surface area contributed by atoms with Crippen LogP contribution in [0.25, 0.3) is 0 Å². The molecule has 0 heterocycles. The van der Waals surface area contributed by atoms with Crippen molar-refractivity contribution in [3.63, 3.8) is 0 Å². The second kappa shape index (κ2) is 9.51. The number of hydrogen-bond acceptors (Lipinski definition) is 1. The number of rotatable bonds is 6. The highest BCUT2D eigenvalue weighted by atomic mass is 16.5. The van der Waals surface area contributed by atoms with Gasteiger partial charge in [0.2, 0.25) is 0 Å². The van der Waals surface area contributed by atoms with E-state index >= 15 is 0 Å². The van der Waals surface area contributed by atoms with Gasteiger partial charge in [0.15, 0.2) is 0 Å². The van der Waals surface area contributed by atoms with Gasteiger partial charge in [-0.05, 0) is 131 Å². The Balaban J connectivity index is 1.30. The maximum absolute atomic E-state index is 5.71. The highest BCUT2D eigenvalue weighted by Crippen LogP contribution is 2.49. The van der Waals surface area contributed by atoms with Gasteiger partial charge in [0.1, 0.15) is 5.75 Å². The van der Waals surface area contributed by atoms with Crippen LogP contribution >= 0.6 is 0 Å². The van der Waals surface area contributed by atoms with Gasteiger partial charge in [0.05, 0.1) is 6.61 Å². The lowest BCUT2D eigenvalue weighted by Gasteiger charge is -2.45. The minimum absolute atomic E-state index is 0.766. The van der Waals surface area contributed by atoms with Crippen LogP contribution in [0.4, 0.5) is 0 Å². The first-order chi connectivity index (χ1) is 13.8. The molecule has 3 aliphatic carbocycles. The van der Waals surface area contributed by atoms with E-state index in [4.69, 9.17) is 4.74 Å². The van der Waals surface area contributed by atoms with Gasteiger partial charge in [-0.25, -0.2) is 0 Å². The van der Waals surface area contributed by atoms with Crippen LogP contribution in [-0.4, -0.2) is 6.61 Å². The Morgan fingerprint density at radius 1 is 0.929 bits per heavy atom. The fraction of sp³-hybridized carbons (Fsp3) is 0.704. The molecule has 0 amide bonds. The Hall–Kier alpha value is -1.24. The summed E-state index contributed by atoms with van der Waals surface area (Å²) in [7, 11) is 0. The van der Waals surface area contributed by atoms with E-state index in [2.05, 4.69) is 44.2 Å². The summed E-state index contributed by atoms with van der Waals surface area (Å²) in [4.78, 5) is 0. The van der Waals surface area contributed by atoms with E-state index < -0.39 is 0 Å². The lowest BCUT2D eigenvalue weighted by Crippen LogP contribution is -2.35. The molecule has 0 saturated heterocycles. The van der Waals surface area contributed by atoms with Crippen LogP contribution in [0.1, 0.15) is 82.8 Å². The van der Waals surface area contributed by atoms with E-state index in [1.807, 2.05) is 0 Å². The second-order valence-corrected chi connectivity index (χ2v) is 9.79. The molecule has 0 radical (unpaired) electrons. The van der Waals surface area contributed by atoms with E-state index in [1.165, 1.54) is 70.6 Å². The number of allylic oxidation sites excluding steroid dienone is 2. The number of benzene rings is 1. The topological polar surface area (TPSA) is 9.23 Å². The molecule has 1 aromatic carbocycles. The van der Waals surface area contributed by atoms with Gasteiger partial charge in [-0.3, -0.25) is 0 Å². The van der Waals surface area contributed by atoms with Crippen LogP contribution in [-0.2, 0) is 12.8 Å². The minimum Gasteiger partial charge on any atom is -0.494 e. The Morgan fingerprint density at radius 3 is 2.54 bits per heavy atom. The summed E-state index contributed by atoms with van der Waals surface area (Å²) in [5.41, 5.74) is 3.16.